The van der Waals surface area contributed by atoms with Gasteiger partial charge in [-0.15, -0.1) is 0 Å². The Labute approximate surface area is 116 Å². The third-order valence-corrected chi connectivity index (χ3v) is 4.77. The lowest BCUT2D eigenvalue weighted by Crippen LogP contribution is -2.11. The molecule has 0 radical (unpaired) electrons. The van der Waals surface area contributed by atoms with E-state index in [4.69, 9.17) is 9.05 Å². The SMILES string of the molecule is CCCCCCOP(=O)(OCCC)c1ccccc1. The first-order valence-electron chi connectivity index (χ1n) is 7.17. The Kier molecular flexibility index (Phi) is 8.04. The molecule has 1 aromatic carbocycles. The maximum Gasteiger partial charge on any atom is 0.361 e. The van der Waals surface area contributed by atoms with E-state index in [1.165, 1.54) is 12.8 Å². The topological polar surface area (TPSA) is 35.5 Å². The minimum absolute atomic E-state index is 0.459. The summed E-state index contributed by atoms with van der Waals surface area (Å²) >= 11 is 0. The summed E-state index contributed by atoms with van der Waals surface area (Å²) in [5.41, 5.74) is 0. The molecule has 1 unspecified atom stereocenters. The second-order valence-electron chi connectivity index (χ2n) is 4.56. The van der Waals surface area contributed by atoms with Gasteiger partial charge in [0.15, 0.2) is 0 Å². The van der Waals surface area contributed by atoms with Gasteiger partial charge in [-0.25, -0.2) is 0 Å². The van der Waals surface area contributed by atoms with Gasteiger partial charge in [-0.05, 0) is 25.0 Å². The van der Waals surface area contributed by atoms with Crippen molar-refractivity contribution in [1.29, 1.82) is 0 Å². The van der Waals surface area contributed by atoms with Gasteiger partial charge >= 0.3 is 7.60 Å². The van der Waals surface area contributed by atoms with Gasteiger partial charge in [0.1, 0.15) is 0 Å². The summed E-state index contributed by atoms with van der Waals surface area (Å²) < 4.78 is 23.9. The van der Waals surface area contributed by atoms with Crippen LogP contribution in [0.2, 0.25) is 0 Å². The Morgan fingerprint density at radius 2 is 1.58 bits per heavy atom. The van der Waals surface area contributed by atoms with E-state index in [0.29, 0.717) is 18.5 Å². The first kappa shape index (κ1) is 16.4. The quantitative estimate of drug-likeness (QED) is 0.468. The van der Waals surface area contributed by atoms with Gasteiger partial charge in [0, 0.05) is 0 Å². The van der Waals surface area contributed by atoms with E-state index in [0.717, 1.165) is 19.3 Å². The molecule has 0 spiro atoms. The standard InChI is InChI=1S/C15H25O3P/c1-3-5-6-10-14-18-19(16,17-13-4-2)15-11-8-7-9-12-15/h7-9,11-12H,3-6,10,13-14H2,1-2H3. The second-order valence-corrected chi connectivity index (χ2v) is 6.59. The second kappa shape index (κ2) is 9.30. The van der Waals surface area contributed by atoms with Crippen LogP contribution in [0.15, 0.2) is 30.3 Å². The van der Waals surface area contributed by atoms with Gasteiger partial charge in [-0.1, -0.05) is 51.3 Å². The highest BCUT2D eigenvalue weighted by molar-refractivity contribution is 7.62. The van der Waals surface area contributed by atoms with Crippen LogP contribution in [0, 0.1) is 0 Å². The number of benzene rings is 1. The van der Waals surface area contributed by atoms with E-state index in [2.05, 4.69) is 6.92 Å². The number of unbranched alkanes of at least 4 members (excludes halogenated alkanes) is 3. The van der Waals surface area contributed by atoms with E-state index in [1.54, 1.807) is 0 Å². The van der Waals surface area contributed by atoms with Gasteiger partial charge in [0.25, 0.3) is 0 Å². The number of hydrogen-bond acceptors (Lipinski definition) is 3. The summed E-state index contributed by atoms with van der Waals surface area (Å²) in [6.07, 6.45) is 5.24. The Morgan fingerprint density at radius 1 is 0.895 bits per heavy atom. The zero-order chi connectivity index (χ0) is 14.0. The summed E-state index contributed by atoms with van der Waals surface area (Å²) in [6, 6.07) is 9.23. The number of hydrogen-bond donors (Lipinski definition) is 0. The van der Waals surface area contributed by atoms with Crippen LogP contribution in [-0.4, -0.2) is 13.2 Å². The minimum Gasteiger partial charge on any atom is -0.305 e. The zero-order valence-corrected chi connectivity index (χ0v) is 12.9. The van der Waals surface area contributed by atoms with Gasteiger partial charge in [0.2, 0.25) is 0 Å². The monoisotopic (exact) mass is 284 g/mol. The molecule has 1 rings (SSSR count). The van der Waals surface area contributed by atoms with Gasteiger partial charge in [-0.2, -0.15) is 0 Å². The van der Waals surface area contributed by atoms with Crippen molar-refractivity contribution in [3.8, 4) is 0 Å². The molecule has 19 heavy (non-hydrogen) atoms. The van der Waals surface area contributed by atoms with Gasteiger partial charge in [-0.3, -0.25) is 4.57 Å². The Balaban J connectivity index is 2.58. The summed E-state index contributed by atoms with van der Waals surface area (Å²) in [4.78, 5) is 0. The molecule has 0 aliphatic rings. The molecule has 0 amide bonds. The molecule has 1 aromatic rings. The summed E-state index contributed by atoms with van der Waals surface area (Å²) in [5.74, 6) is 0. The molecule has 0 aliphatic heterocycles. The van der Waals surface area contributed by atoms with Crippen LogP contribution in [0.3, 0.4) is 0 Å². The van der Waals surface area contributed by atoms with Crippen molar-refractivity contribution in [1.82, 2.24) is 0 Å². The maximum absolute atomic E-state index is 12.8. The van der Waals surface area contributed by atoms with Crippen LogP contribution in [0.25, 0.3) is 0 Å². The van der Waals surface area contributed by atoms with Crippen molar-refractivity contribution < 1.29 is 13.6 Å². The highest BCUT2D eigenvalue weighted by atomic mass is 31.2. The molecule has 3 nitrogen and oxygen atoms in total. The van der Waals surface area contributed by atoms with E-state index in [1.807, 2.05) is 37.3 Å². The molecule has 1 atom stereocenters. The normalized spacial score (nSPS) is 14.2. The minimum atomic E-state index is -3.14. The Morgan fingerprint density at radius 3 is 2.21 bits per heavy atom. The molecule has 0 fully saturated rings. The molecule has 0 aromatic heterocycles. The fourth-order valence-electron chi connectivity index (χ4n) is 1.72. The lowest BCUT2D eigenvalue weighted by atomic mass is 10.2. The van der Waals surface area contributed by atoms with E-state index in [-0.39, 0.29) is 0 Å². The van der Waals surface area contributed by atoms with Crippen LogP contribution in [0.4, 0.5) is 0 Å². The van der Waals surface area contributed by atoms with Crippen molar-refractivity contribution in [2.24, 2.45) is 0 Å². The fourth-order valence-corrected chi connectivity index (χ4v) is 3.42. The van der Waals surface area contributed by atoms with Crippen LogP contribution >= 0.6 is 7.60 Å². The van der Waals surface area contributed by atoms with Gasteiger partial charge < -0.3 is 9.05 Å². The first-order chi connectivity index (χ1) is 9.23. The molecule has 108 valence electrons. The smallest absolute Gasteiger partial charge is 0.305 e. The Hall–Kier alpha value is -0.630. The van der Waals surface area contributed by atoms with Crippen molar-refractivity contribution in [3.05, 3.63) is 30.3 Å². The third kappa shape index (κ3) is 5.90. The largest absolute Gasteiger partial charge is 0.361 e. The molecule has 0 N–H and O–H groups in total. The highest BCUT2D eigenvalue weighted by Crippen LogP contribution is 2.47. The molecule has 0 aliphatic carbocycles. The van der Waals surface area contributed by atoms with Crippen molar-refractivity contribution in [3.63, 3.8) is 0 Å². The zero-order valence-electron chi connectivity index (χ0n) is 12.0. The summed E-state index contributed by atoms with van der Waals surface area (Å²) in [5, 5.41) is 0.652. The van der Waals surface area contributed by atoms with Crippen LogP contribution in [0.5, 0.6) is 0 Å². The predicted octanol–water partition coefficient (Wildman–Crippen LogP) is 4.53. The van der Waals surface area contributed by atoms with E-state index >= 15 is 0 Å². The first-order valence-corrected chi connectivity index (χ1v) is 8.72. The molecule has 0 heterocycles. The van der Waals surface area contributed by atoms with Crippen LogP contribution in [0.1, 0.15) is 46.0 Å². The van der Waals surface area contributed by atoms with Crippen molar-refractivity contribution >= 4 is 12.9 Å². The van der Waals surface area contributed by atoms with Crippen LogP contribution < -0.4 is 5.30 Å². The van der Waals surface area contributed by atoms with Gasteiger partial charge in [0.05, 0.1) is 18.5 Å². The van der Waals surface area contributed by atoms with E-state index in [9.17, 15) is 4.57 Å². The van der Waals surface area contributed by atoms with Crippen molar-refractivity contribution in [2.45, 2.75) is 46.0 Å². The highest BCUT2D eigenvalue weighted by Gasteiger charge is 2.26. The molecule has 0 saturated carbocycles. The molecule has 0 saturated heterocycles. The summed E-state index contributed by atoms with van der Waals surface area (Å²) in [6.45, 7) is 5.12. The lowest BCUT2D eigenvalue weighted by molar-refractivity contribution is 0.210. The molecular formula is C15H25O3P. The maximum atomic E-state index is 12.8. The molecule has 0 bridgehead atoms. The Bertz CT molecular complexity index is 378. The summed E-state index contributed by atoms with van der Waals surface area (Å²) in [7, 11) is -3.14. The van der Waals surface area contributed by atoms with Crippen molar-refractivity contribution in [2.75, 3.05) is 13.2 Å². The molecule has 4 heteroatoms. The molecular weight excluding hydrogens is 259 g/mol. The van der Waals surface area contributed by atoms with E-state index < -0.39 is 7.60 Å². The fraction of sp³-hybridized carbons (Fsp3) is 0.600. The average Bonchev–Trinajstić information content (AvgIpc) is 2.46. The third-order valence-electron chi connectivity index (χ3n) is 2.80. The lowest BCUT2D eigenvalue weighted by Gasteiger charge is -2.18. The average molecular weight is 284 g/mol. The number of rotatable bonds is 10. The van der Waals surface area contributed by atoms with Crippen LogP contribution in [-0.2, 0) is 13.6 Å². The predicted molar refractivity (Wildman–Crippen MR) is 80.0 cm³/mol.